The monoisotopic (exact) mass is 661 g/mol. The van der Waals surface area contributed by atoms with Crippen LogP contribution in [0.25, 0.3) is 0 Å². The summed E-state index contributed by atoms with van der Waals surface area (Å²) in [7, 11) is -4.00. The average molecular weight is 662 g/mol. The Kier molecular flexibility index (Phi) is 11.8. The van der Waals surface area contributed by atoms with Crippen molar-refractivity contribution in [3.05, 3.63) is 101 Å². The molecule has 0 heterocycles. The van der Waals surface area contributed by atoms with Gasteiger partial charge in [0.1, 0.15) is 11.9 Å². The van der Waals surface area contributed by atoms with Crippen LogP contribution in [-0.2, 0) is 38.8 Å². The summed E-state index contributed by atoms with van der Waals surface area (Å²) in [5, 5.41) is 3.13. The number of carbonyl (C=O) groups excluding carboxylic acids is 2. The summed E-state index contributed by atoms with van der Waals surface area (Å²) in [5.74, 6) is -1.21. The molecule has 1 fully saturated rings. The van der Waals surface area contributed by atoms with Crippen molar-refractivity contribution < 1.29 is 35.6 Å². The minimum atomic E-state index is -4.66. The fourth-order valence-electron chi connectivity index (χ4n) is 5.73. The molecule has 0 radical (unpaired) electrons. The Morgan fingerprint density at radius 1 is 0.913 bits per heavy atom. The largest absolute Gasteiger partial charge is 0.416 e. The Balaban J connectivity index is 1.59. The van der Waals surface area contributed by atoms with Crippen molar-refractivity contribution in [2.24, 2.45) is 0 Å². The van der Waals surface area contributed by atoms with Gasteiger partial charge in [0.25, 0.3) is 0 Å². The van der Waals surface area contributed by atoms with Gasteiger partial charge in [0, 0.05) is 32.0 Å². The third kappa shape index (κ3) is 10.0. The van der Waals surface area contributed by atoms with E-state index in [1.807, 2.05) is 30.3 Å². The second kappa shape index (κ2) is 15.6. The van der Waals surface area contributed by atoms with Gasteiger partial charge in [0.2, 0.25) is 21.8 Å². The van der Waals surface area contributed by atoms with Gasteiger partial charge in [-0.1, -0.05) is 67.8 Å². The first kappa shape index (κ1) is 34.9. The lowest BCUT2D eigenvalue weighted by Crippen LogP contribution is -2.52. The molecule has 1 aliphatic rings. The van der Waals surface area contributed by atoms with Gasteiger partial charge in [-0.15, -0.1) is 0 Å². The third-order valence-corrected chi connectivity index (χ3v) is 9.30. The lowest BCUT2D eigenvalue weighted by molar-refractivity contribution is -0.141. The van der Waals surface area contributed by atoms with E-state index in [1.54, 1.807) is 0 Å². The van der Waals surface area contributed by atoms with Crippen LogP contribution in [0.2, 0.25) is 0 Å². The number of sulfonamides is 1. The highest BCUT2D eigenvalue weighted by Gasteiger charge is 2.33. The van der Waals surface area contributed by atoms with Gasteiger partial charge in [0.15, 0.2) is 0 Å². The minimum Gasteiger partial charge on any atom is -0.352 e. The zero-order chi connectivity index (χ0) is 33.3. The van der Waals surface area contributed by atoms with E-state index in [4.69, 9.17) is 0 Å². The predicted molar refractivity (Wildman–Crippen MR) is 169 cm³/mol. The molecule has 1 aliphatic carbocycles. The number of nitrogens with zero attached hydrogens (tertiary/aromatic N) is 2. The van der Waals surface area contributed by atoms with Gasteiger partial charge >= 0.3 is 6.18 Å². The quantitative estimate of drug-likeness (QED) is 0.213. The van der Waals surface area contributed by atoms with Crippen molar-refractivity contribution in [1.29, 1.82) is 0 Å². The molecule has 248 valence electrons. The molecule has 1 atom stereocenters. The number of alkyl halides is 3. The second-order valence-corrected chi connectivity index (χ2v) is 13.6. The molecule has 4 rings (SSSR count). The standard InChI is InChI=1S/C34H39F4N3O4S/c1-46(44,45)41(30-15-8-12-27(23-30)34(36,37)38)21-9-16-32(42)40(24-26-17-19-28(35)20-18-26)31(22-25-10-4-2-5-11-25)33(43)39-29-13-6-3-7-14-29/h2,4-5,8,10-12,15,17-20,23,29,31H,3,6-7,9,13-14,16,21-22,24H2,1H3,(H,39,43). The zero-order valence-corrected chi connectivity index (χ0v) is 26.5. The highest BCUT2D eigenvalue weighted by molar-refractivity contribution is 7.92. The number of halogens is 4. The van der Waals surface area contributed by atoms with E-state index in [-0.39, 0.29) is 50.0 Å². The smallest absolute Gasteiger partial charge is 0.352 e. The minimum absolute atomic E-state index is 0.00187. The van der Waals surface area contributed by atoms with Crippen LogP contribution < -0.4 is 9.62 Å². The van der Waals surface area contributed by atoms with E-state index >= 15 is 0 Å². The van der Waals surface area contributed by atoms with Crippen LogP contribution >= 0.6 is 0 Å². The van der Waals surface area contributed by atoms with E-state index in [0.29, 0.717) is 5.56 Å². The predicted octanol–water partition coefficient (Wildman–Crippen LogP) is 6.48. The Morgan fingerprint density at radius 2 is 1.59 bits per heavy atom. The van der Waals surface area contributed by atoms with E-state index < -0.39 is 39.5 Å². The number of amides is 2. The van der Waals surface area contributed by atoms with Crippen LogP contribution in [0.3, 0.4) is 0 Å². The number of nitrogens with one attached hydrogen (secondary N) is 1. The van der Waals surface area contributed by atoms with E-state index in [0.717, 1.165) is 66.4 Å². The van der Waals surface area contributed by atoms with Crippen LogP contribution in [0, 0.1) is 5.82 Å². The Morgan fingerprint density at radius 3 is 2.22 bits per heavy atom. The van der Waals surface area contributed by atoms with Gasteiger partial charge in [-0.2, -0.15) is 13.2 Å². The molecule has 1 unspecified atom stereocenters. The number of anilines is 1. The summed E-state index contributed by atoms with van der Waals surface area (Å²) in [6, 6.07) is 17.9. The first-order valence-electron chi connectivity index (χ1n) is 15.3. The fourth-order valence-corrected chi connectivity index (χ4v) is 6.68. The van der Waals surface area contributed by atoms with Crippen molar-refractivity contribution in [2.45, 2.75) is 76.2 Å². The molecular weight excluding hydrogens is 622 g/mol. The van der Waals surface area contributed by atoms with Crippen molar-refractivity contribution in [3.63, 3.8) is 0 Å². The van der Waals surface area contributed by atoms with Crippen molar-refractivity contribution in [3.8, 4) is 0 Å². The first-order valence-corrected chi connectivity index (χ1v) is 17.2. The molecule has 0 spiro atoms. The molecular formula is C34H39F4N3O4S. The Hall–Kier alpha value is -3.93. The van der Waals surface area contributed by atoms with Gasteiger partial charge in [-0.3, -0.25) is 13.9 Å². The maximum atomic E-state index is 14.0. The van der Waals surface area contributed by atoms with Gasteiger partial charge in [-0.05, 0) is 60.7 Å². The molecule has 7 nitrogen and oxygen atoms in total. The molecule has 1 saturated carbocycles. The molecule has 0 aliphatic heterocycles. The summed E-state index contributed by atoms with van der Waals surface area (Å²) in [4.78, 5) is 29.3. The van der Waals surface area contributed by atoms with Crippen LogP contribution in [0.15, 0.2) is 78.9 Å². The lowest BCUT2D eigenvalue weighted by atomic mass is 9.94. The van der Waals surface area contributed by atoms with Crippen molar-refractivity contribution in [1.82, 2.24) is 10.2 Å². The van der Waals surface area contributed by atoms with Crippen LogP contribution in [0.1, 0.15) is 61.6 Å². The third-order valence-electron chi connectivity index (χ3n) is 8.10. The lowest BCUT2D eigenvalue weighted by Gasteiger charge is -2.34. The molecule has 46 heavy (non-hydrogen) atoms. The number of hydrogen-bond donors (Lipinski definition) is 1. The number of hydrogen-bond acceptors (Lipinski definition) is 4. The van der Waals surface area contributed by atoms with E-state index in [9.17, 15) is 35.6 Å². The molecule has 0 bridgehead atoms. The van der Waals surface area contributed by atoms with Crippen LogP contribution in [0.4, 0.5) is 23.2 Å². The summed E-state index contributed by atoms with van der Waals surface area (Å²) >= 11 is 0. The average Bonchev–Trinajstić information content (AvgIpc) is 3.02. The maximum Gasteiger partial charge on any atom is 0.416 e. The second-order valence-electron chi connectivity index (χ2n) is 11.7. The highest BCUT2D eigenvalue weighted by Crippen LogP contribution is 2.32. The molecule has 3 aromatic carbocycles. The molecule has 0 saturated heterocycles. The van der Waals surface area contributed by atoms with Gasteiger partial charge in [0.05, 0.1) is 17.5 Å². The number of rotatable bonds is 13. The van der Waals surface area contributed by atoms with E-state index in [2.05, 4.69) is 5.32 Å². The van der Waals surface area contributed by atoms with Gasteiger partial charge < -0.3 is 10.2 Å². The normalized spacial score (nSPS) is 14.8. The summed E-state index contributed by atoms with van der Waals surface area (Å²) < 4.78 is 79.9. The fraction of sp³-hybridized carbons (Fsp3) is 0.412. The van der Waals surface area contributed by atoms with Crippen molar-refractivity contribution in [2.75, 3.05) is 17.1 Å². The SMILES string of the molecule is CS(=O)(=O)N(CCCC(=O)N(Cc1ccc(F)cc1)C(Cc1ccccc1)C(=O)NC1CCCCC1)c1cccc(C(F)(F)F)c1. The van der Waals surface area contributed by atoms with Gasteiger partial charge in [-0.25, -0.2) is 12.8 Å². The Labute approximate surface area is 267 Å². The van der Waals surface area contributed by atoms with Crippen LogP contribution in [0.5, 0.6) is 0 Å². The number of carbonyl (C=O) groups is 2. The van der Waals surface area contributed by atoms with Crippen LogP contribution in [-0.4, -0.2) is 50.0 Å². The highest BCUT2D eigenvalue weighted by atomic mass is 32.2. The number of benzene rings is 3. The molecule has 1 N–H and O–H groups in total. The molecule has 0 aromatic heterocycles. The topological polar surface area (TPSA) is 86.8 Å². The van der Waals surface area contributed by atoms with E-state index in [1.165, 1.54) is 35.2 Å². The molecule has 2 amide bonds. The summed E-state index contributed by atoms with van der Waals surface area (Å²) in [6.45, 7) is -0.258. The van der Waals surface area contributed by atoms with Crippen molar-refractivity contribution >= 4 is 27.5 Å². The Bertz CT molecular complexity index is 1560. The summed E-state index contributed by atoms with van der Waals surface area (Å²) in [5.41, 5.74) is 0.269. The first-order chi connectivity index (χ1) is 21.8. The zero-order valence-electron chi connectivity index (χ0n) is 25.7. The summed E-state index contributed by atoms with van der Waals surface area (Å²) in [6.07, 6.45) is 0.998. The molecule has 12 heteroatoms. The maximum absolute atomic E-state index is 14.0. The molecule has 3 aromatic rings.